The number of hydrogen-bond donors (Lipinski definition) is 2. The summed E-state index contributed by atoms with van der Waals surface area (Å²) in [6, 6.07) is 9.94. The Balaban J connectivity index is 1.64. The first kappa shape index (κ1) is 13.9. The molecule has 0 bridgehead atoms. The molecule has 0 amide bonds. The lowest BCUT2D eigenvalue weighted by molar-refractivity contribution is 0.334. The van der Waals surface area contributed by atoms with Gasteiger partial charge in [-0.25, -0.2) is 0 Å². The van der Waals surface area contributed by atoms with E-state index in [9.17, 15) is 0 Å². The Hall–Kier alpha value is -1.51. The van der Waals surface area contributed by atoms with Gasteiger partial charge in [0, 0.05) is 12.2 Å². The third-order valence-corrected chi connectivity index (χ3v) is 3.82. The third-order valence-electron chi connectivity index (χ3n) is 3.82. The summed E-state index contributed by atoms with van der Waals surface area (Å²) in [5.74, 6) is 1.46. The third kappa shape index (κ3) is 5.33. The first-order valence-corrected chi connectivity index (χ1v) is 7.46. The molecule has 0 radical (unpaired) electrons. The lowest BCUT2D eigenvalue weighted by Gasteiger charge is -2.20. The average Bonchev–Trinajstić information content (AvgIpc) is 2.46. The molecule has 3 heteroatoms. The number of para-hydroxylation sites is 1. The van der Waals surface area contributed by atoms with Crippen molar-refractivity contribution in [3.8, 4) is 0 Å². The second kappa shape index (κ2) is 7.82. The van der Waals surface area contributed by atoms with Crippen LogP contribution in [0.25, 0.3) is 0 Å². The molecule has 3 N–H and O–H groups in total. The van der Waals surface area contributed by atoms with Crippen molar-refractivity contribution < 1.29 is 0 Å². The van der Waals surface area contributed by atoms with Crippen LogP contribution in [0, 0.1) is 5.92 Å². The van der Waals surface area contributed by atoms with Gasteiger partial charge in [-0.2, -0.15) is 0 Å². The topological polar surface area (TPSA) is 50.4 Å². The van der Waals surface area contributed by atoms with Gasteiger partial charge in [-0.15, -0.1) is 0 Å². The van der Waals surface area contributed by atoms with Crippen LogP contribution in [-0.4, -0.2) is 12.5 Å². The molecule has 3 nitrogen and oxygen atoms in total. The van der Waals surface area contributed by atoms with Crippen LogP contribution in [0.1, 0.15) is 44.9 Å². The molecule has 0 aromatic heterocycles. The zero-order valence-electron chi connectivity index (χ0n) is 11.6. The number of rotatable bonds is 5. The van der Waals surface area contributed by atoms with E-state index >= 15 is 0 Å². The largest absolute Gasteiger partial charge is 0.370 e. The lowest BCUT2D eigenvalue weighted by Crippen LogP contribution is -2.22. The van der Waals surface area contributed by atoms with E-state index in [2.05, 4.69) is 10.3 Å². The number of nitrogens with two attached hydrogens (primary N) is 1. The molecule has 2 rings (SSSR count). The molecule has 0 unspecified atom stereocenters. The van der Waals surface area contributed by atoms with Gasteiger partial charge in [0.15, 0.2) is 5.96 Å². The normalized spacial score (nSPS) is 17.4. The van der Waals surface area contributed by atoms with Gasteiger partial charge in [0.2, 0.25) is 0 Å². The highest BCUT2D eigenvalue weighted by Gasteiger charge is 2.12. The number of anilines is 1. The zero-order valence-corrected chi connectivity index (χ0v) is 11.6. The number of hydrogen-bond acceptors (Lipinski definition) is 1. The van der Waals surface area contributed by atoms with Gasteiger partial charge in [0.05, 0.1) is 0 Å². The number of nitrogens with zero attached hydrogens (tertiary/aromatic N) is 1. The van der Waals surface area contributed by atoms with Crippen LogP contribution in [0.15, 0.2) is 35.3 Å². The molecule has 0 atom stereocenters. The lowest BCUT2D eigenvalue weighted by atomic mass is 9.86. The van der Waals surface area contributed by atoms with Gasteiger partial charge >= 0.3 is 0 Å². The van der Waals surface area contributed by atoms with Crippen molar-refractivity contribution in [1.82, 2.24) is 0 Å². The monoisotopic (exact) mass is 259 g/mol. The fourth-order valence-corrected chi connectivity index (χ4v) is 2.76. The maximum atomic E-state index is 5.86. The van der Waals surface area contributed by atoms with E-state index in [4.69, 9.17) is 5.73 Å². The Labute approximate surface area is 116 Å². The SMILES string of the molecule is NC(=NCCCC1CCCCC1)Nc1ccccc1. The van der Waals surface area contributed by atoms with E-state index < -0.39 is 0 Å². The van der Waals surface area contributed by atoms with Crippen LogP contribution in [0.5, 0.6) is 0 Å². The predicted octanol–water partition coefficient (Wildman–Crippen LogP) is 3.77. The zero-order chi connectivity index (χ0) is 13.3. The summed E-state index contributed by atoms with van der Waals surface area (Å²) in [5.41, 5.74) is 6.86. The van der Waals surface area contributed by atoms with E-state index in [0.29, 0.717) is 5.96 Å². The number of benzene rings is 1. The average molecular weight is 259 g/mol. The van der Waals surface area contributed by atoms with Crippen LogP contribution < -0.4 is 11.1 Å². The summed E-state index contributed by atoms with van der Waals surface area (Å²) in [4.78, 5) is 4.39. The summed E-state index contributed by atoms with van der Waals surface area (Å²) in [6.45, 7) is 0.835. The number of aliphatic imine (C=N–C) groups is 1. The van der Waals surface area contributed by atoms with Gasteiger partial charge in [0.1, 0.15) is 0 Å². The minimum Gasteiger partial charge on any atom is -0.370 e. The fraction of sp³-hybridized carbons (Fsp3) is 0.562. The summed E-state index contributed by atoms with van der Waals surface area (Å²) in [5, 5.41) is 3.11. The van der Waals surface area contributed by atoms with Gasteiger partial charge in [-0.3, -0.25) is 4.99 Å². The molecular formula is C16H25N3. The molecule has 1 aliphatic carbocycles. The van der Waals surface area contributed by atoms with Crippen LogP contribution in [0.3, 0.4) is 0 Å². The van der Waals surface area contributed by atoms with Gasteiger partial charge in [0.25, 0.3) is 0 Å². The highest BCUT2D eigenvalue weighted by molar-refractivity contribution is 5.92. The van der Waals surface area contributed by atoms with Gasteiger partial charge in [-0.05, 0) is 30.9 Å². The van der Waals surface area contributed by atoms with Crippen molar-refractivity contribution >= 4 is 11.6 Å². The number of guanidine groups is 1. The highest BCUT2D eigenvalue weighted by Crippen LogP contribution is 2.27. The second-order valence-corrected chi connectivity index (χ2v) is 5.40. The first-order valence-electron chi connectivity index (χ1n) is 7.46. The van der Waals surface area contributed by atoms with Crippen molar-refractivity contribution in [2.45, 2.75) is 44.9 Å². The van der Waals surface area contributed by atoms with Crippen molar-refractivity contribution in [3.63, 3.8) is 0 Å². The standard InChI is InChI=1S/C16H25N3/c17-16(19-15-11-5-2-6-12-15)18-13-7-10-14-8-3-1-4-9-14/h2,5-6,11-12,14H,1,3-4,7-10,13H2,(H3,17,18,19). The van der Waals surface area contributed by atoms with Gasteiger partial charge < -0.3 is 11.1 Å². The number of nitrogens with one attached hydrogen (secondary N) is 1. The summed E-state index contributed by atoms with van der Waals surface area (Å²) in [6.07, 6.45) is 9.58. The van der Waals surface area contributed by atoms with Crippen LogP contribution in [0.2, 0.25) is 0 Å². The molecule has 0 spiro atoms. The van der Waals surface area contributed by atoms with Crippen molar-refractivity contribution in [3.05, 3.63) is 30.3 Å². The molecule has 19 heavy (non-hydrogen) atoms. The Morgan fingerprint density at radius 1 is 1.16 bits per heavy atom. The molecule has 1 aliphatic rings. The first-order chi connectivity index (χ1) is 9.34. The minimum absolute atomic E-state index is 0.523. The molecule has 1 fully saturated rings. The molecular weight excluding hydrogens is 234 g/mol. The van der Waals surface area contributed by atoms with E-state index in [1.54, 1.807) is 0 Å². The van der Waals surface area contributed by atoms with Crippen molar-refractivity contribution in [2.24, 2.45) is 16.6 Å². The van der Waals surface area contributed by atoms with Crippen LogP contribution in [0.4, 0.5) is 5.69 Å². The summed E-state index contributed by atoms with van der Waals surface area (Å²) < 4.78 is 0. The Bertz CT molecular complexity index is 380. The van der Waals surface area contributed by atoms with E-state index in [0.717, 1.165) is 24.6 Å². The minimum atomic E-state index is 0.523. The van der Waals surface area contributed by atoms with Crippen molar-refractivity contribution in [1.29, 1.82) is 0 Å². The Morgan fingerprint density at radius 2 is 1.89 bits per heavy atom. The molecule has 1 aromatic rings. The van der Waals surface area contributed by atoms with Crippen LogP contribution in [-0.2, 0) is 0 Å². The van der Waals surface area contributed by atoms with Gasteiger partial charge in [-0.1, -0.05) is 50.3 Å². The molecule has 1 saturated carbocycles. The maximum Gasteiger partial charge on any atom is 0.193 e. The molecule has 0 heterocycles. The van der Waals surface area contributed by atoms with Crippen LogP contribution >= 0.6 is 0 Å². The van der Waals surface area contributed by atoms with Crippen molar-refractivity contribution in [2.75, 3.05) is 11.9 Å². The molecule has 1 aromatic carbocycles. The van der Waals surface area contributed by atoms with E-state index in [-0.39, 0.29) is 0 Å². The van der Waals surface area contributed by atoms with E-state index in [1.807, 2.05) is 30.3 Å². The quantitative estimate of drug-likeness (QED) is 0.480. The van der Waals surface area contributed by atoms with E-state index in [1.165, 1.54) is 38.5 Å². The maximum absolute atomic E-state index is 5.86. The smallest absolute Gasteiger partial charge is 0.193 e. The summed E-state index contributed by atoms with van der Waals surface area (Å²) >= 11 is 0. The fourth-order valence-electron chi connectivity index (χ4n) is 2.76. The molecule has 0 saturated heterocycles. The molecule has 0 aliphatic heterocycles. The second-order valence-electron chi connectivity index (χ2n) is 5.40. The Kier molecular flexibility index (Phi) is 5.73. The summed E-state index contributed by atoms with van der Waals surface area (Å²) in [7, 11) is 0. The predicted molar refractivity (Wildman–Crippen MR) is 82.4 cm³/mol. The highest BCUT2D eigenvalue weighted by atomic mass is 15.1. The Morgan fingerprint density at radius 3 is 2.63 bits per heavy atom. The molecule has 104 valence electrons.